The van der Waals surface area contributed by atoms with Gasteiger partial charge >= 0.3 is 5.97 Å². The largest absolute Gasteiger partial charge is 0.481 e. The first kappa shape index (κ1) is 13.3. The van der Waals surface area contributed by atoms with Crippen molar-refractivity contribution in [2.75, 3.05) is 36.5 Å². The van der Waals surface area contributed by atoms with Gasteiger partial charge in [0.2, 0.25) is 5.91 Å². The van der Waals surface area contributed by atoms with E-state index in [1.54, 1.807) is 12.1 Å². The third kappa shape index (κ3) is 3.92. The maximum absolute atomic E-state index is 11.3. The molecule has 1 aliphatic rings. The molecule has 0 aliphatic carbocycles. The van der Waals surface area contributed by atoms with E-state index in [4.69, 9.17) is 9.84 Å². The standard InChI is InChI=1S/C12H15N3O4/c16-11(7-12(17)18)14-9-1-2-10(13-8-9)15-3-5-19-6-4-15/h1-2,8H,3-7H2,(H,14,16)(H,17,18). The highest BCUT2D eigenvalue weighted by Crippen LogP contribution is 2.15. The molecule has 1 amide bonds. The summed E-state index contributed by atoms with van der Waals surface area (Å²) in [7, 11) is 0. The SMILES string of the molecule is O=C(O)CC(=O)Nc1ccc(N2CCOCC2)nc1. The number of nitrogens with zero attached hydrogens (tertiary/aromatic N) is 2. The number of morpholine rings is 1. The quantitative estimate of drug-likeness (QED) is 0.762. The van der Waals surface area contributed by atoms with Gasteiger partial charge in [0.05, 0.1) is 25.1 Å². The summed E-state index contributed by atoms with van der Waals surface area (Å²) < 4.78 is 5.25. The molecule has 0 atom stereocenters. The van der Waals surface area contributed by atoms with Gasteiger partial charge in [0, 0.05) is 13.1 Å². The third-order valence-corrected chi connectivity index (χ3v) is 2.68. The Kier molecular flexibility index (Phi) is 4.30. The number of carbonyl (C=O) groups is 2. The minimum Gasteiger partial charge on any atom is -0.481 e. The van der Waals surface area contributed by atoms with E-state index in [-0.39, 0.29) is 0 Å². The van der Waals surface area contributed by atoms with Gasteiger partial charge in [-0.3, -0.25) is 9.59 Å². The number of pyridine rings is 1. The van der Waals surface area contributed by atoms with Crippen LogP contribution >= 0.6 is 0 Å². The fraction of sp³-hybridized carbons (Fsp3) is 0.417. The third-order valence-electron chi connectivity index (χ3n) is 2.68. The van der Waals surface area contributed by atoms with E-state index < -0.39 is 18.3 Å². The van der Waals surface area contributed by atoms with Gasteiger partial charge in [-0.1, -0.05) is 0 Å². The molecule has 0 aromatic carbocycles. The van der Waals surface area contributed by atoms with Gasteiger partial charge < -0.3 is 20.1 Å². The lowest BCUT2D eigenvalue weighted by Gasteiger charge is -2.27. The molecule has 102 valence electrons. The van der Waals surface area contributed by atoms with Crippen molar-refractivity contribution < 1.29 is 19.4 Å². The molecule has 0 radical (unpaired) electrons. The lowest BCUT2D eigenvalue weighted by Crippen LogP contribution is -2.36. The zero-order valence-electron chi connectivity index (χ0n) is 10.3. The Morgan fingerprint density at radius 3 is 2.68 bits per heavy atom. The number of aliphatic carboxylic acids is 1. The highest BCUT2D eigenvalue weighted by atomic mass is 16.5. The van der Waals surface area contributed by atoms with Crippen LogP contribution in [0.3, 0.4) is 0 Å². The number of hydrogen-bond donors (Lipinski definition) is 2. The van der Waals surface area contributed by atoms with Crippen molar-refractivity contribution in [3.05, 3.63) is 18.3 Å². The summed E-state index contributed by atoms with van der Waals surface area (Å²) in [5.74, 6) is -0.900. The van der Waals surface area contributed by atoms with E-state index in [1.165, 1.54) is 6.20 Å². The summed E-state index contributed by atoms with van der Waals surface area (Å²) in [6.45, 7) is 2.94. The van der Waals surface area contributed by atoms with Crippen molar-refractivity contribution in [3.8, 4) is 0 Å². The summed E-state index contributed by atoms with van der Waals surface area (Å²) in [5.41, 5.74) is 0.489. The fourth-order valence-corrected chi connectivity index (χ4v) is 1.78. The molecule has 7 nitrogen and oxygen atoms in total. The predicted molar refractivity (Wildman–Crippen MR) is 68.2 cm³/mol. The van der Waals surface area contributed by atoms with E-state index in [0.717, 1.165) is 18.9 Å². The molecule has 7 heteroatoms. The molecule has 1 aliphatic heterocycles. The molecule has 0 unspecified atom stereocenters. The number of ether oxygens (including phenoxy) is 1. The van der Waals surface area contributed by atoms with Gasteiger partial charge in [-0.2, -0.15) is 0 Å². The summed E-state index contributed by atoms with van der Waals surface area (Å²) in [4.78, 5) is 28.0. The Hall–Kier alpha value is -2.15. The van der Waals surface area contributed by atoms with Gasteiger partial charge in [0.15, 0.2) is 0 Å². The zero-order valence-corrected chi connectivity index (χ0v) is 10.3. The van der Waals surface area contributed by atoms with Crippen LogP contribution in [0.15, 0.2) is 18.3 Å². The zero-order chi connectivity index (χ0) is 13.7. The van der Waals surface area contributed by atoms with Crippen LogP contribution in [0, 0.1) is 0 Å². The van der Waals surface area contributed by atoms with Gasteiger partial charge in [0.1, 0.15) is 12.2 Å². The summed E-state index contributed by atoms with van der Waals surface area (Å²) in [6, 6.07) is 3.50. The van der Waals surface area contributed by atoms with E-state index in [0.29, 0.717) is 18.9 Å². The molecule has 1 aromatic heterocycles. The number of carboxylic acids is 1. The van der Waals surface area contributed by atoms with Crippen LogP contribution in [0.1, 0.15) is 6.42 Å². The Bertz CT molecular complexity index is 455. The van der Waals surface area contributed by atoms with Crippen molar-refractivity contribution in [1.82, 2.24) is 4.98 Å². The maximum Gasteiger partial charge on any atom is 0.312 e. The molecule has 1 saturated heterocycles. The first-order valence-electron chi connectivity index (χ1n) is 5.95. The van der Waals surface area contributed by atoms with Gasteiger partial charge in [0.25, 0.3) is 0 Å². The Morgan fingerprint density at radius 1 is 1.37 bits per heavy atom. The lowest BCUT2D eigenvalue weighted by atomic mass is 10.3. The topological polar surface area (TPSA) is 91.8 Å². The van der Waals surface area contributed by atoms with E-state index in [1.807, 2.05) is 0 Å². The number of aromatic nitrogens is 1. The molecule has 1 fully saturated rings. The average Bonchev–Trinajstić information content (AvgIpc) is 2.39. The Morgan fingerprint density at radius 2 is 2.11 bits per heavy atom. The molecular weight excluding hydrogens is 250 g/mol. The van der Waals surface area contributed by atoms with Crippen LogP contribution in [0.2, 0.25) is 0 Å². The summed E-state index contributed by atoms with van der Waals surface area (Å²) in [5, 5.41) is 11.0. The van der Waals surface area contributed by atoms with E-state index in [2.05, 4.69) is 15.2 Å². The van der Waals surface area contributed by atoms with Crippen LogP contribution < -0.4 is 10.2 Å². The molecule has 0 spiro atoms. The van der Waals surface area contributed by atoms with Crippen LogP contribution in [-0.2, 0) is 14.3 Å². The van der Waals surface area contributed by atoms with Crippen LogP contribution in [-0.4, -0.2) is 48.3 Å². The second kappa shape index (κ2) is 6.14. The lowest BCUT2D eigenvalue weighted by molar-refractivity contribution is -0.139. The molecule has 0 saturated carbocycles. The molecule has 2 N–H and O–H groups in total. The molecule has 2 heterocycles. The molecule has 1 aromatic rings. The van der Waals surface area contributed by atoms with Crippen molar-refractivity contribution in [2.45, 2.75) is 6.42 Å². The van der Waals surface area contributed by atoms with Gasteiger partial charge in [-0.15, -0.1) is 0 Å². The van der Waals surface area contributed by atoms with Gasteiger partial charge in [-0.25, -0.2) is 4.98 Å². The van der Waals surface area contributed by atoms with Crippen molar-refractivity contribution >= 4 is 23.4 Å². The van der Waals surface area contributed by atoms with Crippen molar-refractivity contribution in [2.24, 2.45) is 0 Å². The van der Waals surface area contributed by atoms with Crippen LogP contribution in [0.4, 0.5) is 11.5 Å². The molecule has 19 heavy (non-hydrogen) atoms. The van der Waals surface area contributed by atoms with Crippen molar-refractivity contribution in [1.29, 1.82) is 0 Å². The highest BCUT2D eigenvalue weighted by molar-refractivity contribution is 6.01. The highest BCUT2D eigenvalue weighted by Gasteiger charge is 2.12. The summed E-state index contributed by atoms with van der Waals surface area (Å²) in [6.07, 6.45) is 0.968. The first-order valence-corrected chi connectivity index (χ1v) is 5.95. The number of carboxylic acid groups (broad SMARTS) is 1. The van der Waals surface area contributed by atoms with E-state index >= 15 is 0 Å². The van der Waals surface area contributed by atoms with Crippen molar-refractivity contribution in [3.63, 3.8) is 0 Å². The van der Waals surface area contributed by atoms with Crippen LogP contribution in [0.5, 0.6) is 0 Å². The molecule has 0 bridgehead atoms. The minimum atomic E-state index is -1.16. The van der Waals surface area contributed by atoms with Crippen LogP contribution in [0.25, 0.3) is 0 Å². The Labute approximate surface area is 110 Å². The molecule has 2 rings (SSSR count). The second-order valence-electron chi connectivity index (χ2n) is 4.12. The normalized spacial score (nSPS) is 15.1. The number of anilines is 2. The fourth-order valence-electron chi connectivity index (χ4n) is 1.78. The number of nitrogens with one attached hydrogen (secondary N) is 1. The minimum absolute atomic E-state index is 0.489. The van der Waals surface area contributed by atoms with Gasteiger partial charge in [-0.05, 0) is 12.1 Å². The number of rotatable bonds is 4. The first-order chi connectivity index (χ1) is 9.15. The predicted octanol–water partition coefficient (Wildman–Crippen LogP) is 0.331. The second-order valence-corrected chi connectivity index (χ2v) is 4.12. The number of amides is 1. The Balaban J connectivity index is 1.94. The number of hydrogen-bond acceptors (Lipinski definition) is 5. The monoisotopic (exact) mass is 265 g/mol. The van der Waals surface area contributed by atoms with E-state index in [9.17, 15) is 9.59 Å². The number of carbonyl (C=O) groups excluding carboxylic acids is 1. The average molecular weight is 265 g/mol. The molecular formula is C12H15N3O4. The summed E-state index contributed by atoms with van der Waals surface area (Å²) >= 11 is 0. The smallest absolute Gasteiger partial charge is 0.312 e. The maximum atomic E-state index is 11.3.